The summed E-state index contributed by atoms with van der Waals surface area (Å²) in [5.74, 6) is -0.400. The summed E-state index contributed by atoms with van der Waals surface area (Å²) in [5, 5.41) is 12.2. The van der Waals surface area contributed by atoms with Crippen LogP contribution in [-0.4, -0.2) is 14.3 Å². The molecular weight excluding hydrogens is 412 g/mol. The Morgan fingerprint density at radius 1 is 0.968 bits per heavy atom. The molecule has 0 aliphatic carbocycles. The van der Waals surface area contributed by atoms with Crippen LogP contribution in [0.1, 0.15) is 16.7 Å². The van der Waals surface area contributed by atoms with Crippen LogP contribution in [0.3, 0.4) is 0 Å². The van der Waals surface area contributed by atoms with E-state index in [4.69, 9.17) is 4.18 Å². The van der Waals surface area contributed by atoms with Gasteiger partial charge in [-0.2, -0.15) is 13.7 Å². The summed E-state index contributed by atoms with van der Waals surface area (Å²) in [4.78, 5) is 12.6. The van der Waals surface area contributed by atoms with Gasteiger partial charge in [0.1, 0.15) is 22.3 Å². The summed E-state index contributed by atoms with van der Waals surface area (Å²) >= 11 is 0. The summed E-state index contributed by atoms with van der Waals surface area (Å²) in [6.07, 6.45) is 1.43. The Balaban J connectivity index is 1.75. The number of hydrogen-bond donors (Lipinski definition) is 1. The molecule has 0 radical (unpaired) electrons. The minimum atomic E-state index is -3.94. The number of hydrogen-bond acceptors (Lipinski definition) is 5. The molecule has 0 saturated heterocycles. The normalized spacial score (nSPS) is 11.5. The molecule has 0 bridgehead atoms. The van der Waals surface area contributed by atoms with Gasteiger partial charge in [-0.15, -0.1) is 0 Å². The third kappa shape index (κ3) is 5.38. The third-order valence-corrected chi connectivity index (χ3v) is 5.91. The first-order valence-electron chi connectivity index (χ1n) is 9.39. The van der Waals surface area contributed by atoms with E-state index in [9.17, 15) is 18.5 Å². The van der Waals surface area contributed by atoms with Crippen LogP contribution >= 0.6 is 0 Å². The molecule has 3 aromatic carbocycles. The number of benzene rings is 3. The number of amides is 1. The Kier molecular flexibility index (Phi) is 6.53. The highest BCUT2D eigenvalue weighted by atomic mass is 32.2. The number of aryl methyl sites for hydroxylation is 1. The van der Waals surface area contributed by atoms with Crippen LogP contribution in [0, 0.1) is 25.2 Å². The molecule has 0 aliphatic rings. The van der Waals surface area contributed by atoms with E-state index in [1.54, 1.807) is 36.4 Å². The van der Waals surface area contributed by atoms with E-state index in [-0.39, 0.29) is 16.2 Å². The topological polar surface area (TPSA) is 96.3 Å². The number of carbonyl (C=O) groups excluding carboxylic acids is 1. The Morgan fingerprint density at radius 3 is 2.29 bits per heavy atom. The van der Waals surface area contributed by atoms with Crippen LogP contribution < -0.4 is 9.50 Å². The van der Waals surface area contributed by atoms with Gasteiger partial charge in [-0.3, -0.25) is 4.79 Å². The van der Waals surface area contributed by atoms with Gasteiger partial charge in [-0.05, 0) is 66.9 Å². The Bertz CT molecular complexity index is 1270. The largest absolute Gasteiger partial charge is 0.379 e. The zero-order valence-corrected chi connectivity index (χ0v) is 17.8. The molecule has 3 aromatic rings. The molecule has 0 aromatic heterocycles. The van der Waals surface area contributed by atoms with Crippen LogP contribution in [0.5, 0.6) is 5.75 Å². The lowest BCUT2D eigenvalue weighted by Crippen LogP contribution is -2.14. The molecule has 1 amide bonds. The predicted octanol–water partition coefficient (Wildman–Crippen LogP) is 4.62. The summed E-state index contributed by atoms with van der Waals surface area (Å²) in [7, 11) is -3.94. The monoisotopic (exact) mass is 432 g/mol. The maximum atomic E-state index is 12.5. The van der Waals surface area contributed by atoms with Crippen molar-refractivity contribution in [3.63, 3.8) is 0 Å². The van der Waals surface area contributed by atoms with Gasteiger partial charge in [0.05, 0.1) is 0 Å². The number of nitrogens with one attached hydrogen (secondary N) is 1. The Labute approximate surface area is 181 Å². The first-order chi connectivity index (χ1) is 14.8. The minimum Gasteiger partial charge on any atom is -0.379 e. The molecule has 0 saturated carbocycles. The minimum absolute atomic E-state index is 0.0499. The lowest BCUT2D eigenvalue weighted by Gasteiger charge is -2.10. The predicted molar refractivity (Wildman–Crippen MR) is 119 cm³/mol. The molecule has 7 heteroatoms. The Morgan fingerprint density at radius 2 is 1.65 bits per heavy atom. The van der Waals surface area contributed by atoms with Crippen molar-refractivity contribution in [1.82, 2.24) is 0 Å². The van der Waals surface area contributed by atoms with Gasteiger partial charge in [0, 0.05) is 5.69 Å². The molecule has 31 heavy (non-hydrogen) atoms. The number of rotatable bonds is 6. The van der Waals surface area contributed by atoms with E-state index < -0.39 is 16.0 Å². The molecule has 6 nitrogen and oxygen atoms in total. The van der Waals surface area contributed by atoms with Gasteiger partial charge in [0.25, 0.3) is 5.91 Å². The lowest BCUT2D eigenvalue weighted by atomic mass is 10.1. The Hall–Kier alpha value is -3.89. The maximum absolute atomic E-state index is 12.5. The number of carbonyl (C=O) groups is 1. The van der Waals surface area contributed by atoms with Crippen LogP contribution in [-0.2, 0) is 14.9 Å². The molecule has 156 valence electrons. The van der Waals surface area contributed by atoms with Crippen LogP contribution in [0.4, 0.5) is 5.69 Å². The second-order valence-corrected chi connectivity index (χ2v) is 8.34. The highest BCUT2D eigenvalue weighted by molar-refractivity contribution is 7.87. The van der Waals surface area contributed by atoms with E-state index >= 15 is 0 Å². The molecule has 1 N–H and O–H groups in total. The molecule has 0 atom stereocenters. The molecule has 0 fully saturated rings. The van der Waals surface area contributed by atoms with Crippen molar-refractivity contribution in [3.8, 4) is 11.8 Å². The molecule has 0 unspecified atom stereocenters. The van der Waals surface area contributed by atoms with Crippen LogP contribution in [0.25, 0.3) is 6.08 Å². The van der Waals surface area contributed by atoms with Gasteiger partial charge < -0.3 is 9.50 Å². The van der Waals surface area contributed by atoms with E-state index in [2.05, 4.69) is 5.32 Å². The molecule has 0 spiro atoms. The van der Waals surface area contributed by atoms with E-state index in [0.29, 0.717) is 11.3 Å². The summed E-state index contributed by atoms with van der Waals surface area (Å²) < 4.78 is 29.7. The van der Waals surface area contributed by atoms with Crippen LogP contribution in [0.15, 0.2) is 83.3 Å². The van der Waals surface area contributed by atoms with Crippen LogP contribution in [0.2, 0.25) is 0 Å². The number of anilines is 1. The molecule has 3 rings (SSSR count). The second-order valence-electron chi connectivity index (χ2n) is 6.79. The fraction of sp³-hybridized carbons (Fsp3) is 0.0833. The van der Waals surface area contributed by atoms with Crippen molar-refractivity contribution >= 4 is 27.8 Å². The van der Waals surface area contributed by atoms with E-state index in [1.165, 1.54) is 30.3 Å². The zero-order valence-electron chi connectivity index (χ0n) is 17.0. The van der Waals surface area contributed by atoms with Gasteiger partial charge in [-0.25, -0.2) is 0 Å². The quantitative estimate of drug-likeness (QED) is 0.348. The fourth-order valence-electron chi connectivity index (χ4n) is 2.77. The summed E-state index contributed by atoms with van der Waals surface area (Å²) in [5.41, 5.74) is 3.07. The highest BCUT2D eigenvalue weighted by Gasteiger charge is 2.16. The SMILES string of the molecule is Cc1cccc(NC(=O)/C(C#N)=C/c2ccc(OS(=O)(=O)c3ccccc3)cc2)c1C. The second kappa shape index (κ2) is 9.28. The first kappa shape index (κ1) is 21.8. The third-order valence-electron chi connectivity index (χ3n) is 4.65. The first-order valence-corrected chi connectivity index (χ1v) is 10.8. The van der Waals surface area contributed by atoms with Gasteiger partial charge >= 0.3 is 10.1 Å². The average molecular weight is 433 g/mol. The number of nitriles is 1. The number of nitrogens with zero attached hydrogens (tertiary/aromatic N) is 1. The van der Waals surface area contributed by atoms with E-state index in [1.807, 2.05) is 32.0 Å². The molecule has 0 heterocycles. The van der Waals surface area contributed by atoms with Crippen molar-refractivity contribution in [2.24, 2.45) is 0 Å². The van der Waals surface area contributed by atoms with Crippen molar-refractivity contribution in [3.05, 3.63) is 95.1 Å². The van der Waals surface area contributed by atoms with Gasteiger partial charge in [0.15, 0.2) is 0 Å². The van der Waals surface area contributed by atoms with Crippen molar-refractivity contribution < 1.29 is 17.4 Å². The maximum Gasteiger partial charge on any atom is 0.339 e. The zero-order chi connectivity index (χ0) is 22.4. The standard InChI is InChI=1S/C24H20N2O4S/c1-17-7-6-10-23(18(17)2)26-24(27)20(16-25)15-19-11-13-21(14-12-19)30-31(28,29)22-8-4-3-5-9-22/h3-15H,1-2H3,(H,26,27)/b20-15+. The fourth-order valence-corrected chi connectivity index (χ4v) is 3.72. The smallest absolute Gasteiger partial charge is 0.339 e. The van der Waals surface area contributed by atoms with Gasteiger partial charge in [0.2, 0.25) is 0 Å². The highest BCUT2D eigenvalue weighted by Crippen LogP contribution is 2.21. The lowest BCUT2D eigenvalue weighted by molar-refractivity contribution is -0.112. The summed E-state index contributed by atoms with van der Waals surface area (Å²) in [6.45, 7) is 3.83. The molecular formula is C24H20N2O4S. The van der Waals surface area contributed by atoms with Crippen molar-refractivity contribution in [2.45, 2.75) is 18.7 Å². The summed E-state index contributed by atoms with van der Waals surface area (Å²) in [6, 6.07) is 21.3. The van der Waals surface area contributed by atoms with Crippen molar-refractivity contribution in [2.75, 3.05) is 5.32 Å². The average Bonchev–Trinajstić information content (AvgIpc) is 2.76. The van der Waals surface area contributed by atoms with Crippen molar-refractivity contribution in [1.29, 1.82) is 5.26 Å². The van der Waals surface area contributed by atoms with Gasteiger partial charge in [-0.1, -0.05) is 42.5 Å². The van der Waals surface area contributed by atoms with E-state index in [0.717, 1.165) is 11.1 Å². The molecule has 0 aliphatic heterocycles.